The van der Waals surface area contributed by atoms with Gasteiger partial charge < -0.3 is 35.0 Å². The van der Waals surface area contributed by atoms with Crippen LogP contribution in [0.5, 0.6) is 11.5 Å². The average Bonchev–Trinajstić information content (AvgIpc) is 3.53. The molecule has 0 aromatic heterocycles. The summed E-state index contributed by atoms with van der Waals surface area (Å²) in [7, 11) is 1.49. The van der Waals surface area contributed by atoms with Crippen LogP contribution in [0.1, 0.15) is 56.1 Å². The molecule has 0 saturated heterocycles. The van der Waals surface area contributed by atoms with Gasteiger partial charge in [-0.1, -0.05) is 56.0 Å². The fourth-order valence-corrected chi connectivity index (χ4v) is 6.63. The lowest BCUT2D eigenvalue weighted by atomic mass is 9.87. The van der Waals surface area contributed by atoms with Crippen LogP contribution in [0.15, 0.2) is 54.1 Å². The number of rotatable bonds is 13. The molecule has 0 radical (unpaired) electrons. The Bertz CT molecular complexity index is 1230. The van der Waals surface area contributed by atoms with E-state index >= 15 is 0 Å². The summed E-state index contributed by atoms with van der Waals surface area (Å²) in [5, 5.41) is 33.4. The molecule has 1 fully saturated rings. The Morgan fingerprint density at radius 1 is 1.10 bits per heavy atom. The van der Waals surface area contributed by atoms with Crippen molar-refractivity contribution in [3.8, 4) is 11.5 Å². The first-order valence-corrected chi connectivity index (χ1v) is 15.7. The van der Waals surface area contributed by atoms with Crippen molar-refractivity contribution in [2.75, 3.05) is 20.3 Å². The SMILES string of the molecule is COc1cc(CO)cc(I)c1OC1C=C(C(=O)NCCO)CC(N(Cc2ccccc2)C(=O)CCC2CCCC2)C1O. The summed E-state index contributed by atoms with van der Waals surface area (Å²) in [6, 6.07) is 12.3. The minimum atomic E-state index is -1.14. The van der Waals surface area contributed by atoms with E-state index in [0.717, 1.165) is 24.8 Å². The molecule has 1 saturated carbocycles. The van der Waals surface area contributed by atoms with Gasteiger partial charge in [-0.25, -0.2) is 0 Å². The fraction of sp³-hybridized carbons (Fsp3) is 0.500. The predicted octanol–water partition coefficient (Wildman–Crippen LogP) is 3.71. The highest BCUT2D eigenvalue weighted by atomic mass is 127. The second kappa shape index (κ2) is 15.7. The normalized spacial score (nSPS) is 20.6. The molecule has 42 heavy (non-hydrogen) atoms. The van der Waals surface area contributed by atoms with Crippen molar-refractivity contribution < 1.29 is 34.4 Å². The van der Waals surface area contributed by atoms with Crippen LogP contribution >= 0.6 is 22.6 Å². The van der Waals surface area contributed by atoms with E-state index < -0.39 is 18.2 Å². The molecule has 0 bridgehead atoms. The molecule has 3 unspecified atom stereocenters. The average molecular weight is 693 g/mol. The molecular weight excluding hydrogens is 651 g/mol. The van der Waals surface area contributed by atoms with Crippen LogP contribution in [0.2, 0.25) is 0 Å². The van der Waals surface area contributed by atoms with Gasteiger partial charge in [-0.15, -0.1) is 0 Å². The van der Waals surface area contributed by atoms with Crippen LogP contribution in [0.4, 0.5) is 0 Å². The Kier molecular flexibility index (Phi) is 12.1. The lowest BCUT2D eigenvalue weighted by Gasteiger charge is -2.41. The molecule has 2 aliphatic carbocycles. The molecule has 2 amide bonds. The molecule has 2 aliphatic rings. The highest BCUT2D eigenvalue weighted by Gasteiger charge is 2.41. The maximum atomic E-state index is 13.9. The molecule has 0 spiro atoms. The second-order valence-electron chi connectivity index (χ2n) is 11.0. The number of ether oxygens (including phenoxy) is 2. The first-order chi connectivity index (χ1) is 20.3. The fourth-order valence-electron chi connectivity index (χ4n) is 5.84. The number of aliphatic hydroxyl groups excluding tert-OH is 3. The van der Waals surface area contributed by atoms with Crippen molar-refractivity contribution >= 4 is 34.4 Å². The first-order valence-electron chi connectivity index (χ1n) is 14.6. The molecule has 9 nitrogen and oxygen atoms in total. The van der Waals surface area contributed by atoms with Gasteiger partial charge in [-0.2, -0.15) is 0 Å². The summed E-state index contributed by atoms with van der Waals surface area (Å²) in [6.07, 6.45) is 5.47. The third kappa shape index (κ3) is 8.24. The number of nitrogens with zero attached hydrogens (tertiary/aromatic N) is 1. The van der Waals surface area contributed by atoms with Gasteiger partial charge in [0.05, 0.1) is 29.9 Å². The molecule has 10 heteroatoms. The lowest BCUT2D eigenvalue weighted by molar-refractivity contribution is -0.139. The number of aliphatic hydroxyl groups is 3. The summed E-state index contributed by atoms with van der Waals surface area (Å²) < 4.78 is 12.5. The molecule has 0 aliphatic heterocycles. The van der Waals surface area contributed by atoms with Crippen molar-refractivity contribution in [2.45, 2.75) is 76.3 Å². The van der Waals surface area contributed by atoms with Gasteiger partial charge in [-0.3, -0.25) is 9.59 Å². The summed E-state index contributed by atoms with van der Waals surface area (Å²) in [6.45, 7) is -0.0155. The zero-order valence-corrected chi connectivity index (χ0v) is 26.2. The molecule has 2 aromatic rings. The maximum absolute atomic E-state index is 13.9. The van der Waals surface area contributed by atoms with E-state index in [9.17, 15) is 24.9 Å². The van der Waals surface area contributed by atoms with Gasteiger partial charge in [0.1, 0.15) is 12.2 Å². The molecular formula is C32H41IN2O7. The topological polar surface area (TPSA) is 129 Å². The monoisotopic (exact) mass is 692 g/mol. The number of amides is 2. The summed E-state index contributed by atoms with van der Waals surface area (Å²) in [5.41, 5.74) is 1.94. The predicted molar refractivity (Wildman–Crippen MR) is 167 cm³/mol. The Morgan fingerprint density at radius 3 is 2.50 bits per heavy atom. The minimum Gasteiger partial charge on any atom is -0.493 e. The summed E-state index contributed by atoms with van der Waals surface area (Å²) in [4.78, 5) is 28.7. The van der Waals surface area contributed by atoms with Crippen LogP contribution in [0.3, 0.4) is 0 Å². The van der Waals surface area contributed by atoms with Gasteiger partial charge in [0.2, 0.25) is 11.8 Å². The van der Waals surface area contributed by atoms with Crippen LogP contribution in [0, 0.1) is 9.49 Å². The number of hydrogen-bond acceptors (Lipinski definition) is 7. The van der Waals surface area contributed by atoms with E-state index in [4.69, 9.17) is 9.47 Å². The van der Waals surface area contributed by atoms with Gasteiger partial charge in [0.15, 0.2) is 11.5 Å². The molecule has 3 atom stereocenters. The van der Waals surface area contributed by atoms with Crippen LogP contribution < -0.4 is 14.8 Å². The number of carbonyl (C=O) groups is 2. The molecule has 4 N–H and O–H groups in total. The van der Waals surface area contributed by atoms with Crippen molar-refractivity contribution in [3.63, 3.8) is 0 Å². The maximum Gasteiger partial charge on any atom is 0.247 e. The van der Waals surface area contributed by atoms with Crippen LogP contribution in [0.25, 0.3) is 0 Å². The highest BCUT2D eigenvalue weighted by Crippen LogP contribution is 2.37. The summed E-state index contributed by atoms with van der Waals surface area (Å²) in [5.74, 6) is 0.841. The van der Waals surface area contributed by atoms with Gasteiger partial charge in [0, 0.05) is 31.5 Å². The largest absolute Gasteiger partial charge is 0.493 e. The molecule has 2 aromatic carbocycles. The molecule has 228 valence electrons. The zero-order chi connectivity index (χ0) is 30.1. The quantitative estimate of drug-likeness (QED) is 0.236. The van der Waals surface area contributed by atoms with Gasteiger partial charge >= 0.3 is 0 Å². The molecule has 4 rings (SSSR count). The Balaban J connectivity index is 1.67. The number of hydrogen-bond donors (Lipinski definition) is 4. The van der Waals surface area contributed by atoms with Gasteiger partial charge in [-0.05, 0) is 64.3 Å². The van der Waals surface area contributed by atoms with Crippen LogP contribution in [-0.2, 0) is 22.7 Å². The number of carbonyl (C=O) groups excluding carboxylic acids is 2. The minimum absolute atomic E-state index is 0.0648. The smallest absolute Gasteiger partial charge is 0.247 e. The molecule has 0 heterocycles. The Hall–Kier alpha value is -2.67. The van der Waals surface area contributed by atoms with Crippen molar-refractivity contribution in [1.29, 1.82) is 0 Å². The van der Waals surface area contributed by atoms with E-state index in [0.29, 0.717) is 38.5 Å². The summed E-state index contributed by atoms with van der Waals surface area (Å²) >= 11 is 2.08. The van der Waals surface area contributed by atoms with Crippen molar-refractivity contribution in [1.82, 2.24) is 10.2 Å². The van der Waals surface area contributed by atoms with Crippen molar-refractivity contribution in [2.24, 2.45) is 5.92 Å². The number of methoxy groups -OCH3 is 1. The Labute approximate surface area is 261 Å². The zero-order valence-electron chi connectivity index (χ0n) is 24.0. The standard InChI is InChI=1S/C32H41IN2O7/c1-41-28-16-23(20-37)15-25(33)31(28)42-27-18-24(32(40)34-13-14-36)17-26(30(27)39)35(19-22-9-3-2-4-10-22)29(38)12-11-21-7-5-6-8-21/h2-4,9-10,15-16,18,21,26-27,30,36-37,39H,5-8,11-14,17,19-20H2,1H3,(H,34,40). The number of halogens is 1. The number of benzene rings is 2. The number of nitrogens with one attached hydrogen (secondary N) is 1. The van der Waals surface area contributed by atoms with Gasteiger partial charge in [0.25, 0.3) is 0 Å². The van der Waals surface area contributed by atoms with E-state index in [1.54, 1.807) is 23.1 Å². The van der Waals surface area contributed by atoms with Crippen LogP contribution in [-0.4, -0.2) is 70.5 Å². The highest BCUT2D eigenvalue weighted by molar-refractivity contribution is 14.1. The van der Waals surface area contributed by atoms with E-state index in [2.05, 4.69) is 27.9 Å². The lowest BCUT2D eigenvalue weighted by Crippen LogP contribution is -2.54. The second-order valence-corrected chi connectivity index (χ2v) is 12.1. The Morgan fingerprint density at radius 2 is 1.83 bits per heavy atom. The van der Waals surface area contributed by atoms with E-state index in [-0.39, 0.29) is 44.5 Å². The van der Waals surface area contributed by atoms with Crippen molar-refractivity contribution in [3.05, 3.63) is 68.8 Å². The third-order valence-corrected chi connectivity index (χ3v) is 8.90. The van der Waals surface area contributed by atoms with E-state index in [1.165, 1.54) is 20.0 Å². The first kappa shape index (κ1) is 32.2. The third-order valence-electron chi connectivity index (χ3n) is 8.10. The van der Waals surface area contributed by atoms with E-state index in [1.807, 2.05) is 30.3 Å².